The quantitative estimate of drug-likeness (QED) is 0.674. The van der Waals surface area contributed by atoms with Crippen LogP contribution in [0.2, 0.25) is 0 Å². The molecule has 0 spiro atoms. The summed E-state index contributed by atoms with van der Waals surface area (Å²) in [6, 6.07) is 13.8. The topological polar surface area (TPSA) is 50.9 Å². The van der Waals surface area contributed by atoms with Crippen LogP contribution in [0, 0.1) is 0 Å². The third-order valence-corrected chi connectivity index (χ3v) is 3.38. The highest BCUT2D eigenvalue weighted by Crippen LogP contribution is 2.27. The lowest BCUT2D eigenvalue weighted by molar-refractivity contribution is 1.11. The van der Waals surface area contributed by atoms with Crippen LogP contribution in [-0.4, -0.2) is 4.98 Å². The second-order valence-electron chi connectivity index (χ2n) is 3.06. The Hall–Kier alpha value is -1.04. The Labute approximate surface area is 107 Å². The maximum absolute atomic E-state index is 5.30. The van der Waals surface area contributed by atoms with Gasteiger partial charge in [-0.05, 0) is 36.4 Å². The number of aromatic nitrogens is 1. The maximum Gasteiger partial charge on any atom is 0.141 e. The third-order valence-electron chi connectivity index (χ3n) is 1.91. The average molecular weight is 296 g/mol. The van der Waals surface area contributed by atoms with Gasteiger partial charge in [-0.15, -0.1) is 0 Å². The molecule has 0 atom stereocenters. The lowest BCUT2D eigenvalue weighted by atomic mass is 10.4. The predicted molar refractivity (Wildman–Crippen MR) is 70.3 cm³/mol. The molecule has 0 unspecified atom stereocenters. The van der Waals surface area contributed by atoms with E-state index in [1.54, 1.807) is 11.8 Å². The van der Waals surface area contributed by atoms with E-state index in [9.17, 15) is 0 Å². The summed E-state index contributed by atoms with van der Waals surface area (Å²) in [5, 5.41) is 0.915. The van der Waals surface area contributed by atoms with Gasteiger partial charge in [0.05, 0.1) is 0 Å². The first-order chi connectivity index (χ1) is 7.78. The summed E-state index contributed by atoms with van der Waals surface area (Å²) in [5.41, 5.74) is 2.53. The van der Waals surface area contributed by atoms with Gasteiger partial charge in [0.15, 0.2) is 0 Å². The van der Waals surface area contributed by atoms with Crippen LogP contribution in [0.25, 0.3) is 0 Å². The number of halogens is 1. The molecule has 0 saturated heterocycles. The largest absolute Gasteiger partial charge is 0.308 e. The Morgan fingerprint density at radius 1 is 1.12 bits per heavy atom. The van der Waals surface area contributed by atoms with Gasteiger partial charge in [0.2, 0.25) is 0 Å². The van der Waals surface area contributed by atoms with Crippen molar-refractivity contribution in [2.24, 2.45) is 5.84 Å². The third kappa shape index (κ3) is 2.98. The second-order valence-corrected chi connectivity index (χ2v) is 5.07. The smallest absolute Gasteiger partial charge is 0.141 e. The van der Waals surface area contributed by atoms with E-state index >= 15 is 0 Å². The van der Waals surface area contributed by atoms with Crippen LogP contribution in [0.4, 0.5) is 5.82 Å². The molecule has 0 amide bonds. The molecule has 0 bridgehead atoms. The van der Waals surface area contributed by atoms with Crippen molar-refractivity contribution in [3.63, 3.8) is 0 Å². The monoisotopic (exact) mass is 295 g/mol. The minimum atomic E-state index is 0.669. The summed E-state index contributed by atoms with van der Waals surface area (Å²) < 4.78 is 1.07. The molecular formula is C11H10BrN3S. The van der Waals surface area contributed by atoms with E-state index in [1.807, 2.05) is 42.5 Å². The van der Waals surface area contributed by atoms with Crippen LogP contribution >= 0.6 is 27.7 Å². The Morgan fingerprint density at radius 3 is 2.56 bits per heavy atom. The molecule has 0 aliphatic heterocycles. The minimum Gasteiger partial charge on any atom is -0.308 e. The number of rotatable bonds is 3. The fourth-order valence-electron chi connectivity index (χ4n) is 1.18. The zero-order chi connectivity index (χ0) is 11.4. The van der Waals surface area contributed by atoms with Crippen molar-refractivity contribution < 1.29 is 0 Å². The van der Waals surface area contributed by atoms with E-state index in [0.717, 1.165) is 14.4 Å². The van der Waals surface area contributed by atoms with E-state index in [0.29, 0.717) is 5.82 Å². The van der Waals surface area contributed by atoms with Gasteiger partial charge in [0.1, 0.15) is 10.8 Å². The summed E-state index contributed by atoms with van der Waals surface area (Å²) in [6.07, 6.45) is 0. The molecule has 1 aromatic carbocycles. The number of hydrogen-bond acceptors (Lipinski definition) is 4. The van der Waals surface area contributed by atoms with Gasteiger partial charge in [-0.1, -0.05) is 33.8 Å². The van der Waals surface area contributed by atoms with Crippen LogP contribution in [0.1, 0.15) is 0 Å². The van der Waals surface area contributed by atoms with Crippen LogP contribution in [0.15, 0.2) is 56.9 Å². The molecule has 1 aromatic heterocycles. The number of nitrogens with one attached hydrogen (secondary N) is 1. The van der Waals surface area contributed by atoms with Crippen LogP contribution in [-0.2, 0) is 0 Å². The van der Waals surface area contributed by atoms with Crippen molar-refractivity contribution in [1.29, 1.82) is 0 Å². The van der Waals surface area contributed by atoms with Crippen molar-refractivity contribution in [3.8, 4) is 0 Å². The molecule has 0 fully saturated rings. The number of hydrogen-bond donors (Lipinski definition) is 2. The van der Waals surface area contributed by atoms with Crippen molar-refractivity contribution in [3.05, 3.63) is 46.9 Å². The number of nitrogens with two attached hydrogens (primary N) is 1. The average Bonchev–Trinajstić information content (AvgIpc) is 2.32. The predicted octanol–water partition coefficient (Wildman–Crippen LogP) is 3.28. The van der Waals surface area contributed by atoms with Crippen molar-refractivity contribution in [2.45, 2.75) is 9.92 Å². The SMILES string of the molecule is NNc1cccc(Sc2ccc(Br)cc2)n1. The molecule has 3 nitrogen and oxygen atoms in total. The van der Waals surface area contributed by atoms with Crippen LogP contribution in [0.3, 0.4) is 0 Å². The van der Waals surface area contributed by atoms with Crippen molar-refractivity contribution in [2.75, 3.05) is 5.43 Å². The number of pyridine rings is 1. The summed E-state index contributed by atoms with van der Waals surface area (Å²) in [7, 11) is 0. The standard InChI is InChI=1S/C11H10BrN3S/c12-8-4-6-9(7-5-8)16-11-3-1-2-10(14-11)15-13/h1-7H,13H2,(H,14,15). The van der Waals surface area contributed by atoms with E-state index < -0.39 is 0 Å². The first-order valence-electron chi connectivity index (χ1n) is 4.65. The molecule has 5 heteroatoms. The summed E-state index contributed by atoms with van der Waals surface area (Å²) in [5.74, 6) is 5.97. The number of nitrogens with zero attached hydrogens (tertiary/aromatic N) is 1. The highest BCUT2D eigenvalue weighted by molar-refractivity contribution is 9.10. The lowest BCUT2D eigenvalue weighted by Crippen LogP contribution is -2.08. The van der Waals surface area contributed by atoms with Crippen LogP contribution in [0.5, 0.6) is 0 Å². The first-order valence-corrected chi connectivity index (χ1v) is 6.26. The van der Waals surface area contributed by atoms with Crippen LogP contribution < -0.4 is 11.3 Å². The molecule has 0 saturated carbocycles. The van der Waals surface area contributed by atoms with Gasteiger partial charge < -0.3 is 5.43 Å². The first kappa shape index (κ1) is 11.4. The molecule has 3 N–H and O–H groups in total. The number of hydrazine groups is 1. The molecule has 82 valence electrons. The number of benzene rings is 1. The second kappa shape index (κ2) is 5.34. The number of anilines is 1. The zero-order valence-corrected chi connectivity index (χ0v) is 10.8. The molecule has 0 aliphatic rings. The zero-order valence-electron chi connectivity index (χ0n) is 8.35. The molecule has 2 rings (SSSR count). The fraction of sp³-hybridized carbons (Fsp3) is 0. The van der Waals surface area contributed by atoms with E-state index in [1.165, 1.54) is 0 Å². The van der Waals surface area contributed by atoms with Gasteiger partial charge in [-0.3, -0.25) is 0 Å². The van der Waals surface area contributed by atoms with Gasteiger partial charge >= 0.3 is 0 Å². The van der Waals surface area contributed by atoms with E-state index in [2.05, 4.69) is 26.3 Å². The maximum atomic E-state index is 5.30. The molecule has 2 aromatic rings. The van der Waals surface area contributed by atoms with Crippen molar-refractivity contribution in [1.82, 2.24) is 4.98 Å². The van der Waals surface area contributed by atoms with Gasteiger partial charge in [0.25, 0.3) is 0 Å². The van der Waals surface area contributed by atoms with Gasteiger partial charge in [0, 0.05) is 9.37 Å². The Morgan fingerprint density at radius 2 is 1.88 bits per heavy atom. The minimum absolute atomic E-state index is 0.669. The van der Waals surface area contributed by atoms with E-state index in [-0.39, 0.29) is 0 Å². The Balaban J connectivity index is 2.16. The molecule has 1 heterocycles. The molecule has 16 heavy (non-hydrogen) atoms. The molecule has 0 radical (unpaired) electrons. The number of nitrogen functional groups attached to an aromatic ring is 1. The highest BCUT2D eigenvalue weighted by Gasteiger charge is 1.99. The Bertz CT molecular complexity index is 473. The van der Waals surface area contributed by atoms with Gasteiger partial charge in [-0.25, -0.2) is 10.8 Å². The molecule has 0 aliphatic carbocycles. The van der Waals surface area contributed by atoms with Crippen molar-refractivity contribution >= 4 is 33.5 Å². The Kier molecular flexibility index (Phi) is 3.82. The lowest BCUT2D eigenvalue weighted by Gasteiger charge is -2.03. The van der Waals surface area contributed by atoms with E-state index in [4.69, 9.17) is 5.84 Å². The fourth-order valence-corrected chi connectivity index (χ4v) is 2.24. The summed E-state index contributed by atoms with van der Waals surface area (Å²) >= 11 is 5.00. The molecular weight excluding hydrogens is 286 g/mol. The summed E-state index contributed by atoms with van der Waals surface area (Å²) in [6.45, 7) is 0. The normalized spacial score (nSPS) is 10.1. The summed E-state index contributed by atoms with van der Waals surface area (Å²) in [4.78, 5) is 5.47. The highest BCUT2D eigenvalue weighted by atomic mass is 79.9. The van der Waals surface area contributed by atoms with Gasteiger partial charge in [-0.2, -0.15) is 0 Å².